The maximum atomic E-state index is 12.7. The first-order chi connectivity index (χ1) is 14.6. The van der Waals surface area contributed by atoms with Crippen molar-refractivity contribution in [2.24, 2.45) is 17.3 Å². The third kappa shape index (κ3) is 7.44. The van der Waals surface area contributed by atoms with Crippen LogP contribution in [-0.4, -0.2) is 46.5 Å². The van der Waals surface area contributed by atoms with Crippen molar-refractivity contribution >= 4 is 23.6 Å². The molecule has 31 heavy (non-hydrogen) atoms. The lowest BCUT2D eigenvalue weighted by molar-refractivity contribution is -0.140. The minimum Gasteiger partial charge on any atom is -0.282 e. The summed E-state index contributed by atoms with van der Waals surface area (Å²) in [6.07, 6.45) is 14.1. The Morgan fingerprint density at radius 3 is 2.39 bits per heavy atom. The van der Waals surface area contributed by atoms with Gasteiger partial charge in [-0.05, 0) is 37.0 Å². The molecular formula is C25H38N2O4. The number of allylic oxidation sites excluding steroid dienone is 1. The molecule has 0 spiro atoms. The van der Waals surface area contributed by atoms with E-state index in [1.54, 1.807) is 0 Å². The summed E-state index contributed by atoms with van der Waals surface area (Å²) in [6, 6.07) is 0. The van der Waals surface area contributed by atoms with Crippen molar-refractivity contribution in [2.45, 2.75) is 79.1 Å². The van der Waals surface area contributed by atoms with Gasteiger partial charge in [0.1, 0.15) is 0 Å². The topological polar surface area (TPSA) is 74.8 Å². The molecule has 0 aromatic heterocycles. The van der Waals surface area contributed by atoms with Crippen molar-refractivity contribution in [1.29, 1.82) is 0 Å². The fourth-order valence-corrected chi connectivity index (χ4v) is 4.49. The summed E-state index contributed by atoms with van der Waals surface area (Å²) >= 11 is 0. The lowest BCUT2D eigenvalue weighted by atomic mass is 9.80. The Morgan fingerprint density at radius 1 is 1.06 bits per heavy atom. The van der Waals surface area contributed by atoms with Gasteiger partial charge in [-0.1, -0.05) is 59.1 Å². The number of unbranched alkanes of at least 4 members (excludes halogenated alkanes) is 4. The summed E-state index contributed by atoms with van der Waals surface area (Å²) in [7, 11) is 0. The van der Waals surface area contributed by atoms with E-state index in [2.05, 4.69) is 26.8 Å². The molecule has 0 saturated carbocycles. The van der Waals surface area contributed by atoms with Crippen molar-refractivity contribution in [2.75, 3.05) is 13.1 Å². The van der Waals surface area contributed by atoms with Crippen LogP contribution in [0.15, 0.2) is 24.3 Å². The Morgan fingerprint density at radius 2 is 1.74 bits per heavy atom. The zero-order valence-corrected chi connectivity index (χ0v) is 19.6. The Balaban J connectivity index is 1.79. The molecule has 2 aliphatic heterocycles. The monoisotopic (exact) mass is 430 g/mol. The molecule has 6 nitrogen and oxygen atoms in total. The van der Waals surface area contributed by atoms with E-state index in [0.717, 1.165) is 19.3 Å². The zero-order valence-electron chi connectivity index (χ0n) is 19.6. The standard InChI is InChI=1S/C25H38N2O4/c1-5-6-7-8-9-10-11-20-16-23(30)26(24(20)31)15-14-25(3,4)17-19(2)18-27-21(28)12-13-22(27)29/h10-13,19-20H,5-9,14-18H2,1-4H3/b11-10+. The van der Waals surface area contributed by atoms with Crippen LogP contribution in [0.3, 0.4) is 0 Å². The van der Waals surface area contributed by atoms with Crippen LogP contribution in [0, 0.1) is 17.3 Å². The molecule has 1 saturated heterocycles. The van der Waals surface area contributed by atoms with Crippen LogP contribution < -0.4 is 0 Å². The van der Waals surface area contributed by atoms with Gasteiger partial charge in [-0.25, -0.2) is 0 Å². The van der Waals surface area contributed by atoms with Crippen molar-refractivity contribution < 1.29 is 19.2 Å². The summed E-state index contributed by atoms with van der Waals surface area (Å²) < 4.78 is 0. The van der Waals surface area contributed by atoms with Crippen LogP contribution in [0.25, 0.3) is 0 Å². The Labute approximate surface area is 186 Å². The lowest BCUT2D eigenvalue weighted by Crippen LogP contribution is -2.37. The van der Waals surface area contributed by atoms with Gasteiger partial charge in [0.05, 0.1) is 5.92 Å². The number of carbonyl (C=O) groups is 4. The maximum Gasteiger partial charge on any atom is 0.253 e. The van der Waals surface area contributed by atoms with Gasteiger partial charge < -0.3 is 0 Å². The predicted octanol–water partition coefficient (Wildman–Crippen LogP) is 4.26. The van der Waals surface area contributed by atoms with E-state index in [4.69, 9.17) is 0 Å². The minimum atomic E-state index is -0.319. The van der Waals surface area contributed by atoms with Gasteiger partial charge >= 0.3 is 0 Å². The number of hydrogen-bond acceptors (Lipinski definition) is 4. The van der Waals surface area contributed by atoms with Crippen molar-refractivity contribution in [3.63, 3.8) is 0 Å². The first kappa shape index (κ1) is 25.0. The highest BCUT2D eigenvalue weighted by Crippen LogP contribution is 2.32. The Bertz CT molecular complexity index is 720. The van der Waals surface area contributed by atoms with E-state index >= 15 is 0 Å². The van der Waals surface area contributed by atoms with Gasteiger partial charge in [0.2, 0.25) is 11.8 Å². The fourth-order valence-electron chi connectivity index (χ4n) is 4.49. The number of carbonyl (C=O) groups excluding carboxylic acids is 4. The largest absolute Gasteiger partial charge is 0.282 e. The van der Waals surface area contributed by atoms with E-state index in [1.165, 1.54) is 41.2 Å². The Hall–Kier alpha value is -2.24. The average molecular weight is 431 g/mol. The summed E-state index contributed by atoms with van der Waals surface area (Å²) in [4.78, 5) is 51.3. The zero-order chi connectivity index (χ0) is 23.0. The summed E-state index contributed by atoms with van der Waals surface area (Å²) in [6.45, 7) is 9.22. The van der Waals surface area contributed by atoms with E-state index in [9.17, 15) is 19.2 Å². The molecule has 2 atom stereocenters. The third-order valence-electron chi connectivity index (χ3n) is 6.18. The molecule has 6 heteroatoms. The molecular weight excluding hydrogens is 392 g/mol. The molecule has 0 aromatic carbocycles. The smallest absolute Gasteiger partial charge is 0.253 e. The number of amides is 4. The van der Waals surface area contributed by atoms with Gasteiger partial charge in [0.15, 0.2) is 0 Å². The van der Waals surface area contributed by atoms with E-state index < -0.39 is 0 Å². The van der Waals surface area contributed by atoms with Crippen LogP contribution in [0.4, 0.5) is 0 Å². The highest BCUT2D eigenvalue weighted by Gasteiger charge is 2.37. The molecule has 0 aromatic rings. The molecule has 172 valence electrons. The second-order valence-electron chi connectivity index (χ2n) is 9.82. The third-order valence-corrected chi connectivity index (χ3v) is 6.18. The van der Waals surface area contributed by atoms with Crippen LogP contribution in [-0.2, 0) is 19.2 Å². The van der Waals surface area contributed by atoms with E-state index in [1.807, 2.05) is 13.0 Å². The number of hydrogen-bond donors (Lipinski definition) is 0. The van der Waals surface area contributed by atoms with Gasteiger partial charge in [-0.2, -0.15) is 0 Å². The van der Waals surface area contributed by atoms with Crippen LogP contribution in [0.2, 0.25) is 0 Å². The van der Waals surface area contributed by atoms with Gasteiger partial charge in [0.25, 0.3) is 11.8 Å². The Kier molecular flexibility index (Phi) is 9.20. The number of nitrogens with zero attached hydrogens (tertiary/aromatic N) is 2. The minimum absolute atomic E-state index is 0.0852. The van der Waals surface area contributed by atoms with Crippen molar-refractivity contribution in [3.8, 4) is 0 Å². The predicted molar refractivity (Wildman–Crippen MR) is 121 cm³/mol. The first-order valence-electron chi connectivity index (χ1n) is 11.7. The summed E-state index contributed by atoms with van der Waals surface area (Å²) in [5, 5.41) is 0. The highest BCUT2D eigenvalue weighted by molar-refractivity contribution is 6.12. The molecule has 2 unspecified atom stereocenters. The molecule has 0 bridgehead atoms. The molecule has 0 radical (unpaired) electrons. The molecule has 1 fully saturated rings. The van der Waals surface area contributed by atoms with E-state index in [-0.39, 0.29) is 47.3 Å². The quantitative estimate of drug-likeness (QED) is 0.249. The molecule has 0 aliphatic carbocycles. The number of likely N-dealkylation sites (tertiary alicyclic amines) is 1. The normalized spacial score (nSPS) is 20.7. The average Bonchev–Trinajstić information content (AvgIpc) is 3.15. The highest BCUT2D eigenvalue weighted by atomic mass is 16.2. The number of rotatable bonds is 13. The van der Waals surface area contributed by atoms with Gasteiger partial charge in [-0.15, -0.1) is 0 Å². The second-order valence-corrected chi connectivity index (χ2v) is 9.82. The molecule has 4 amide bonds. The van der Waals surface area contributed by atoms with Gasteiger partial charge in [-0.3, -0.25) is 29.0 Å². The molecule has 2 aliphatic rings. The van der Waals surface area contributed by atoms with Crippen molar-refractivity contribution in [3.05, 3.63) is 24.3 Å². The number of imide groups is 2. The second kappa shape index (κ2) is 11.4. The molecule has 0 N–H and O–H groups in total. The molecule has 2 rings (SSSR count). The van der Waals surface area contributed by atoms with Crippen LogP contribution in [0.1, 0.15) is 79.1 Å². The van der Waals surface area contributed by atoms with Crippen LogP contribution >= 0.6 is 0 Å². The molecule has 2 heterocycles. The van der Waals surface area contributed by atoms with Gasteiger partial charge in [0, 0.05) is 31.7 Å². The maximum absolute atomic E-state index is 12.7. The fraction of sp³-hybridized carbons (Fsp3) is 0.680. The van der Waals surface area contributed by atoms with Crippen LogP contribution in [0.5, 0.6) is 0 Å². The van der Waals surface area contributed by atoms with E-state index in [0.29, 0.717) is 19.5 Å². The summed E-state index contributed by atoms with van der Waals surface area (Å²) in [5.41, 5.74) is -0.119. The SMILES string of the molecule is CCCCCC/C=C/C1CC(=O)N(CCC(C)(C)CC(C)CN2C(=O)C=CC2=O)C1=O. The summed E-state index contributed by atoms with van der Waals surface area (Å²) in [5.74, 6) is -0.872. The first-order valence-corrected chi connectivity index (χ1v) is 11.7. The lowest BCUT2D eigenvalue weighted by Gasteiger charge is -2.31. The van der Waals surface area contributed by atoms with Crippen molar-refractivity contribution in [1.82, 2.24) is 9.80 Å².